The minimum atomic E-state index is -1.04. The lowest BCUT2D eigenvalue weighted by molar-refractivity contribution is -0.150. The summed E-state index contributed by atoms with van der Waals surface area (Å²) in [5.41, 5.74) is 0.976. The maximum atomic E-state index is 13.4. The minimum absolute atomic E-state index is 0.0538. The largest absolute Gasteiger partial charge is 0.496 e. The zero-order valence-electron chi connectivity index (χ0n) is 22.5. The van der Waals surface area contributed by atoms with Crippen molar-refractivity contribution in [3.05, 3.63) is 30.0 Å². The summed E-state index contributed by atoms with van der Waals surface area (Å²) in [7, 11) is 1.55. The zero-order valence-corrected chi connectivity index (χ0v) is 22.5. The SMILES string of the molecule is COc1cccc2[nH]c(C(=O)N[C@@H](CC(C)C)C(=O)NC(C[C@@H]3CCNC3=O)C(=O)COC(=O)C3CC3)cc12. The summed E-state index contributed by atoms with van der Waals surface area (Å²) >= 11 is 0. The van der Waals surface area contributed by atoms with Crippen LogP contribution in [-0.2, 0) is 23.9 Å². The van der Waals surface area contributed by atoms with Gasteiger partial charge in [-0.3, -0.25) is 24.0 Å². The second-order valence-electron chi connectivity index (χ2n) is 10.7. The molecule has 1 saturated heterocycles. The van der Waals surface area contributed by atoms with Crippen LogP contribution in [0, 0.1) is 17.8 Å². The Morgan fingerprint density at radius 2 is 1.85 bits per heavy atom. The predicted octanol–water partition coefficient (Wildman–Crippen LogP) is 1.85. The van der Waals surface area contributed by atoms with Crippen LogP contribution in [0.25, 0.3) is 10.9 Å². The molecule has 39 heavy (non-hydrogen) atoms. The number of esters is 1. The third kappa shape index (κ3) is 7.15. The van der Waals surface area contributed by atoms with Gasteiger partial charge in [-0.05, 0) is 56.2 Å². The number of fused-ring (bicyclic) bond motifs is 1. The molecule has 2 fully saturated rings. The molecule has 1 unspecified atom stereocenters. The second kappa shape index (κ2) is 12.3. The van der Waals surface area contributed by atoms with Crippen molar-refractivity contribution in [2.75, 3.05) is 20.3 Å². The number of ether oxygens (including phenoxy) is 2. The van der Waals surface area contributed by atoms with Crippen molar-refractivity contribution in [1.82, 2.24) is 20.9 Å². The number of amides is 3. The Balaban J connectivity index is 1.47. The summed E-state index contributed by atoms with van der Waals surface area (Å²) in [6.45, 7) is 3.86. The number of carbonyl (C=O) groups excluding carboxylic acids is 5. The van der Waals surface area contributed by atoms with Crippen LogP contribution >= 0.6 is 0 Å². The molecule has 0 radical (unpaired) electrons. The Hall–Kier alpha value is -3.89. The first-order valence-corrected chi connectivity index (χ1v) is 13.4. The van der Waals surface area contributed by atoms with E-state index in [1.807, 2.05) is 19.9 Å². The second-order valence-corrected chi connectivity index (χ2v) is 10.7. The maximum absolute atomic E-state index is 13.4. The average molecular weight is 541 g/mol. The summed E-state index contributed by atoms with van der Waals surface area (Å²) < 4.78 is 10.5. The highest BCUT2D eigenvalue weighted by Gasteiger charge is 2.35. The highest BCUT2D eigenvalue weighted by molar-refractivity contribution is 6.02. The van der Waals surface area contributed by atoms with E-state index in [-0.39, 0.29) is 29.9 Å². The van der Waals surface area contributed by atoms with Crippen LogP contribution in [0.5, 0.6) is 5.75 Å². The number of hydrogen-bond donors (Lipinski definition) is 4. The van der Waals surface area contributed by atoms with Crippen LogP contribution < -0.4 is 20.7 Å². The Morgan fingerprint density at radius 3 is 2.49 bits per heavy atom. The van der Waals surface area contributed by atoms with Crippen molar-refractivity contribution in [1.29, 1.82) is 0 Å². The van der Waals surface area contributed by atoms with Crippen LogP contribution in [0.2, 0.25) is 0 Å². The van der Waals surface area contributed by atoms with E-state index >= 15 is 0 Å². The highest BCUT2D eigenvalue weighted by atomic mass is 16.5. The normalized spacial score (nSPS) is 18.4. The van der Waals surface area contributed by atoms with E-state index in [0.29, 0.717) is 30.7 Å². The van der Waals surface area contributed by atoms with E-state index in [9.17, 15) is 24.0 Å². The highest BCUT2D eigenvalue weighted by Crippen LogP contribution is 2.30. The minimum Gasteiger partial charge on any atom is -0.496 e. The molecule has 0 spiro atoms. The van der Waals surface area contributed by atoms with Gasteiger partial charge in [0.2, 0.25) is 11.8 Å². The molecule has 1 aromatic heterocycles. The number of aromatic amines is 1. The van der Waals surface area contributed by atoms with E-state index in [0.717, 1.165) is 18.2 Å². The molecule has 0 bridgehead atoms. The Bertz CT molecular complexity index is 1250. The summed E-state index contributed by atoms with van der Waals surface area (Å²) in [5.74, 6) is -2.07. The van der Waals surface area contributed by atoms with Gasteiger partial charge in [-0.25, -0.2) is 0 Å². The van der Waals surface area contributed by atoms with Crippen LogP contribution in [-0.4, -0.2) is 66.8 Å². The number of aromatic nitrogens is 1. The molecule has 3 amide bonds. The van der Waals surface area contributed by atoms with Gasteiger partial charge in [0.1, 0.15) is 17.5 Å². The number of carbonyl (C=O) groups is 5. The molecule has 3 atom stereocenters. The molecule has 4 N–H and O–H groups in total. The molecule has 2 aromatic rings. The summed E-state index contributed by atoms with van der Waals surface area (Å²) in [5, 5.41) is 8.99. The summed E-state index contributed by atoms with van der Waals surface area (Å²) in [4.78, 5) is 66.8. The number of rotatable bonds is 13. The van der Waals surface area contributed by atoms with Gasteiger partial charge in [0, 0.05) is 23.4 Å². The van der Waals surface area contributed by atoms with Crippen molar-refractivity contribution < 1.29 is 33.4 Å². The maximum Gasteiger partial charge on any atom is 0.309 e. The van der Waals surface area contributed by atoms with Crippen LogP contribution in [0.1, 0.15) is 56.4 Å². The number of H-pyrrole nitrogens is 1. The van der Waals surface area contributed by atoms with Crippen LogP contribution in [0.4, 0.5) is 0 Å². The number of ketones is 1. The topological polar surface area (TPSA) is 156 Å². The number of Topliss-reactive ketones (excluding diaryl/α,β-unsaturated/α-hetero) is 1. The van der Waals surface area contributed by atoms with E-state index in [1.54, 1.807) is 25.3 Å². The van der Waals surface area contributed by atoms with Crippen molar-refractivity contribution >= 4 is 40.4 Å². The monoisotopic (exact) mass is 540 g/mol. The quantitative estimate of drug-likeness (QED) is 0.283. The fraction of sp³-hybridized carbons (Fsp3) is 0.536. The average Bonchev–Trinajstić information content (AvgIpc) is 3.54. The molecule has 1 aromatic carbocycles. The molecule has 1 aliphatic carbocycles. The molecule has 2 aliphatic rings. The first-order valence-electron chi connectivity index (χ1n) is 13.4. The van der Waals surface area contributed by atoms with Crippen molar-refractivity contribution in [3.8, 4) is 5.75 Å². The molecular weight excluding hydrogens is 504 g/mol. The third-order valence-corrected chi connectivity index (χ3v) is 7.07. The standard InChI is InChI=1S/C28H36N4O7/c1-15(2)11-21(32-27(36)22-13-18-19(30-22)5-4-6-24(18)38-3)26(35)31-20(12-17-9-10-29-25(17)34)23(33)14-39-28(37)16-7-8-16/h4-6,13,15-17,20-21,30H,7-12,14H2,1-3H3,(H,29,34)(H,31,35)(H,32,36)/t17-,20?,21-/m0/s1. The van der Waals surface area contributed by atoms with E-state index in [4.69, 9.17) is 9.47 Å². The first-order chi connectivity index (χ1) is 18.7. The number of methoxy groups -OCH3 is 1. The van der Waals surface area contributed by atoms with Crippen molar-refractivity contribution in [3.63, 3.8) is 0 Å². The summed E-state index contributed by atoms with van der Waals surface area (Å²) in [6, 6.07) is 5.09. The molecular formula is C28H36N4O7. The summed E-state index contributed by atoms with van der Waals surface area (Å²) in [6.07, 6.45) is 2.44. The predicted molar refractivity (Wildman–Crippen MR) is 142 cm³/mol. The van der Waals surface area contributed by atoms with E-state index in [2.05, 4.69) is 20.9 Å². The fourth-order valence-corrected chi connectivity index (χ4v) is 4.74. The number of benzene rings is 1. The van der Waals surface area contributed by atoms with Crippen molar-refractivity contribution in [2.24, 2.45) is 17.8 Å². The lowest BCUT2D eigenvalue weighted by Crippen LogP contribution is -2.53. The molecule has 4 rings (SSSR count). The number of nitrogens with one attached hydrogen (secondary N) is 4. The molecule has 1 saturated carbocycles. The first kappa shape index (κ1) is 28.1. The fourth-order valence-electron chi connectivity index (χ4n) is 4.74. The van der Waals surface area contributed by atoms with Crippen LogP contribution in [0.3, 0.4) is 0 Å². The van der Waals surface area contributed by atoms with E-state index < -0.39 is 48.2 Å². The van der Waals surface area contributed by atoms with Gasteiger partial charge < -0.3 is 30.4 Å². The van der Waals surface area contributed by atoms with Crippen molar-refractivity contribution in [2.45, 2.75) is 58.0 Å². The Morgan fingerprint density at radius 1 is 1.08 bits per heavy atom. The van der Waals surface area contributed by atoms with Gasteiger partial charge in [-0.1, -0.05) is 19.9 Å². The van der Waals surface area contributed by atoms with Gasteiger partial charge in [0.15, 0.2) is 12.4 Å². The van der Waals surface area contributed by atoms with Gasteiger partial charge in [0.05, 0.1) is 19.1 Å². The Labute approximate surface area is 226 Å². The van der Waals surface area contributed by atoms with Gasteiger partial charge in [-0.15, -0.1) is 0 Å². The smallest absolute Gasteiger partial charge is 0.309 e. The molecule has 1 aliphatic heterocycles. The zero-order chi connectivity index (χ0) is 28.1. The Kier molecular flexibility index (Phi) is 8.88. The molecule has 2 heterocycles. The van der Waals surface area contributed by atoms with Crippen LogP contribution in [0.15, 0.2) is 24.3 Å². The third-order valence-electron chi connectivity index (χ3n) is 7.07. The lowest BCUT2D eigenvalue weighted by atomic mass is 9.95. The molecule has 11 nitrogen and oxygen atoms in total. The van der Waals surface area contributed by atoms with Gasteiger partial charge >= 0.3 is 5.97 Å². The molecule has 11 heteroatoms. The lowest BCUT2D eigenvalue weighted by Gasteiger charge is -2.25. The number of hydrogen-bond acceptors (Lipinski definition) is 7. The van der Waals surface area contributed by atoms with E-state index in [1.165, 1.54) is 0 Å². The van der Waals surface area contributed by atoms with Gasteiger partial charge in [0.25, 0.3) is 5.91 Å². The van der Waals surface area contributed by atoms with Gasteiger partial charge in [-0.2, -0.15) is 0 Å². The molecule has 210 valence electrons.